The van der Waals surface area contributed by atoms with Crippen molar-refractivity contribution in [2.24, 2.45) is 0 Å². The number of carbonyl (C=O) groups is 1. The highest BCUT2D eigenvalue weighted by molar-refractivity contribution is 7.92. The van der Waals surface area contributed by atoms with E-state index >= 15 is 0 Å². The van der Waals surface area contributed by atoms with E-state index < -0.39 is 10.0 Å². The Morgan fingerprint density at radius 3 is 2.58 bits per heavy atom. The minimum absolute atomic E-state index is 0.00140. The molecule has 1 heterocycles. The second-order valence-corrected chi connectivity index (χ2v) is 7.66. The van der Waals surface area contributed by atoms with E-state index in [1.807, 2.05) is 0 Å². The molecule has 0 fully saturated rings. The van der Waals surface area contributed by atoms with E-state index in [-0.39, 0.29) is 22.4 Å². The van der Waals surface area contributed by atoms with E-state index in [1.54, 1.807) is 24.3 Å². The molecule has 0 saturated heterocycles. The first kappa shape index (κ1) is 18.3. The van der Waals surface area contributed by atoms with E-state index in [0.29, 0.717) is 29.4 Å². The van der Waals surface area contributed by atoms with Crippen LogP contribution in [0, 0.1) is 0 Å². The average molecular weight is 397 g/mol. The Bertz CT molecular complexity index is 944. The van der Waals surface area contributed by atoms with Crippen molar-refractivity contribution < 1.29 is 22.7 Å². The third-order valence-corrected chi connectivity index (χ3v) is 5.73. The van der Waals surface area contributed by atoms with E-state index in [9.17, 15) is 13.2 Å². The normalized spacial score (nSPS) is 13.6. The molecule has 138 valence electrons. The van der Waals surface area contributed by atoms with Crippen LogP contribution < -0.4 is 19.1 Å². The minimum atomic E-state index is -3.94. The van der Waals surface area contributed by atoms with Gasteiger partial charge in [0.25, 0.3) is 10.0 Å². The molecule has 2 aromatic carbocycles. The number of hydrogen-bond donors (Lipinski definition) is 1. The van der Waals surface area contributed by atoms with Crippen molar-refractivity contribution in [1.29, 1.82) is 0 Å². The number of sulfonamides is 1. The quantitative estimate of drug-likeness (QED) is 0.858. The summed E-state index contributed by atoms with van der Waals surface area (Å²) < 4.78 is 38.5. The van der Waals surface area contributed by atoms with Gasteiger partial charge in [-0.1, -0.05) is 11.6 Å². The van der Waals surface area contributed by atoms with Gasteiger partial charge in [0.05, 0.1) is 24.4 Å². The lowest BCUT2D eigenvalue weighted by atomic mass is 10.2. The number of fused-ring (bicyclic) bond motifs is 1. The predicted molar refractivity (Wildman–Crippen MR) is 98.8 cm³/mol. The van der Waals surface area contributed by atoms with Gasteiger partial charge < -0.3 is 14.4 Å². The van der Waals surface area contributed by atoms with E-state index in [1.165, 1.54) is 31.1 Å². The van der Waals surface area contributed by atoms with Gasteiger partial charge >= 0.3 is 0 Å². The van der Waals surface area contributed by atoms with Crippen LogP contribution >= 0.6 is 11.6 Å². The van der Waals surface area contributed by atoms with Crippen molar-refractivity contribution >= 4 is 38.9 Å². The Kier molecular flexibility index (Phi) is 4.97. The van der Waals surface area contributed by atoms with Crippen LogP contribution in [0.1, 0.15) is 6.92 Å². The van der Waals surface area contributed by atoms with Crippen LogP contribution in [0.2, 0.25) is 5.02 Å². The van der Waals surface area contributed by atoms with Crippen molar-refractivity contribution in [2.45, 2.75) is 11.8 Å². The molecule has 0 radical (unpaired) electrons. The summed E-state index contributed by atoms with van der Waals surface area (Å²) >= 11 is 6.20. The number of methoxy groups -OCH3 is 1. The van der Waals surface area contributed by atoms with Gasteiger partial charge in [-0.3, -0.25) is 9.52 Å². The number of nitrogens with zero attached hydrogens (tertiary/aromatic N) is 1. The molecule has 1 amide bonds. The molecule has 0 bridgehead atoms. The van der Waals surface area contributed by atoms with Gasteiger partial charge in [-0.25, -0.2) is 8.42 Å². The zero-order chi connectivity index (χ0) is 18.9. The lowest BCUT2D eigenvalue weighted by Gasteiger charge is -2.29. The number of rotatable bonds is 4. The molecule has 1 aliphatic rings. The summed E-state index contributed by atoms with van der Waals surface area (Å²) in [6, 6.07) is 9.20. The van der Waals surface area contributed by atoms with Gasteiger partial charge in [-0.05, 0) is 30.3 Å². The zero-order valence-electron chi connectivity index (χ0n) is 14.2. The summed E-state index contributed by atoms with van der Waals surface area (Å²) in [5, 5.41) is 0.00140. The van der Waals surface area contributed by atoms with Crippen LogP contribution in [0.15, 0.2) is 41.3 Å². The van der Waals surface area contributed by atoms with Crippen LogP contribution in [-0.4, -0.2) is 34.6 Å². The van der Waals surface area contributed by atoms with Gasteiger partial charge in [0.2, 0.25) is 5.91 Å². The first-order chi connectivity index (χ1) is 12.3. The molecule has 7 nitrogen and oxygen atoms in total. The summed E-state index contributed by atoms with van der Waals surface area (Å²) in [7, 11) is -2.42. The molecule has 0 saturated carbocycles. The number of nitrogens with one attached hydrogen (secondary N) is 1. The molecule has 3 rings (SSSR count). The monoisotopic (exact) mass is 396 g/mol. The predicted octanol–water partition coefficient (Wildman–Crippen LogP) is 2.89. The maximum absolute atomic E-state index is 12.7. The van der Waals surface area contributed by atoms with Crippen LogP contribution in [0.5, 0.6) is 11.5 Å². The largest absolute Gasteiger partial charge is 0.497 e. The fourth-order valence-corrected chi connectivity index (χ4v) is 4.22. The molecular formula is C17H17ClN2O5S. The highest BCUT2D eigenvalue weighted by Gasteiger charge is 2.27. The molecule has 0 spiro atoms. The molecule has 0 aliphatic carbocycles. The Morgan fingerprint density at radius 1 is 1.27 bits per heavy atom. The van der Waals surface area contributed by atoms with Crippen LogP contribution in [0.4, 0.5) is 11.4 Å². The molecule has 9 heteroatoms. The van der Waals surface area contributed by atoms with Gasteiger partial charge in [-0.15, -0.1) is 0 Å². The first-order valence-corrected chi connectivity index (χ1v) is 9.59. The summed E-state index contributed by atoms with van der Waals surface area (Å²) in [4.78, 5) is 13.1. The van der Waals surface area contributed by atoms with Crippen molar-refractivity contribution in [3.8, 4) is 11.5 Å². The first-order valence-electron chi connectivity index (χ1n) is 7.73. The molecule has 0 aromatic heterocycles. The Morgan fingerprint density at radius 2 is 1.96 bits per heavy atom. The van der Waals surface area contributed by atoms with Crippen molar-refractivity contribution in [3.63, 3.8) is 0 Å². The number of halogens is 1. The van der Waals surface area contributed by atoms with Gasteiger partial charge in [0.1, 0.15) is 23.0 Å². The minimum Gasteiger partial charge on any atom is -0.497 e. The van der Waals surface area contributed by atoms with Crippen molar-refractivity contribution in [2.75, 3.05) is 29.9 Å². The highest BCUT2D eigenvalue weighted by atomic mass is 35.5. The Labute approximate surface area is 156 Å². The maximum atomic E-state index is 12.7. The molecule has 1 aliphatic heterocycles. The fourth-order valence-electron chi connectivity index (χ4n) is 2.62. The smallest absolute Gasteiger partial charge is 0.263 e. The molecular weight excluding hydrogens is 380 g/mol. The number of benzene rings is 2. The third-order valence-electron chi connectivity index (χ3n) is 3.89. The van der Waals surface area contributed by atoms with Crippen LogP contribution in [-0.2, 0) is 14.8 Å². The molecule has 26 heavy (non-hydrogen) atoms. The van der Waals surface area contributed by atoms with Gasteiger partial charge in [-0.2, -0.15) is 0 Å². The number of carbonyl (C=O) groups excluding carboxylic acids is 1. The summed E-state index contributed by atoms with van der Waals surface area (Å²) in [6.45, 7) is 2.09. The highest BCUT2D eigenvalue weighted by Crippen LogP contribution is 2.38. The maximum Gasteiger partial charge on any atom is 0.263 e. The standard InChI is InChI=1S/C17H17ClN2O5S/c1-11(21)20-7-8-25-16-10-17(14(18)9-15(16)20)26(22,23)19-12-3-5-13(24-2)6-4-12/h3-6,9-10,19H,7-8H2,1-2H3. The number of amides is 1. The number of anilines is 2. The number of ether oxygens (including phenoxy) is 2. The molecule has 2 aromatic rings. The Balaban J connectivity index is 1.96. The van der Waals surface area contributed by atoms with Gasteiger partial charge in [0, 0.05) is 18.7 Å². The molecule has 1 N–H and O–H groups in total. The SMILES string of the molecule is COc1ccc(NS(=O)(=O)c2cc3c(cc2Cl)N(C(C)=O)CCO3)cc1. The lowest BCUT2D eigenvalue weighted by molar-refractivity contribution is -0.116. The van der Waals surface area contributed by atoms with Crippen molar-refractivity contribution in [1.82, 2.24) is 0 Å². The number of hydrogen-bond acceptors (Lipinski definition) is 5. The summed E-state index contributed by atoms with van der Waals surface area (Å²) in [5.41, 5.74) is 0.822. The average Bonchev–Trinajstić information content (AvgIpc) is 2.60. The van der Waals surface area contributed by atoms with E-state index in [4.69, 9.17) is 21.1 Å². The van der Waals surface area contributed by atoms with Gasteiger partial charge in [0.15, 0.2) is 0 Å². The van der Waals surface area contributed by atoms with Crippen LogP contribution in [0.25, 0.3) is 0 Å². The summed E-state index contributed by atoms with van der Waals surface area (Å²) in [6.07, 6.45) is 0. The zero-order valence-corrected chi connectivity index (χ0v) is 15.7. The van der Waals surface area contributed by atoms with E-state index in [2.05, 4.69) is 4.72 Å². The second-order valence-electron chi connectivity index (χ2n) is 5.60. The van der Waals surface area contributed by atoms with Crippen LogP contribution in [0.3, 0.4) is 0 Å². The van der Waals surface area contributed by atoms with E-state index in [0.717, 1.165) is 0 Å². The topological polar surface area (TPSA) is 84.9 Å². The summed E-state index contributed by atoms with van der Waals surface area (Å²) in [5.74, 6) is 0.737. The molecule has 0 atom stereocenters. The Hall–Kier alpha value is -2.45. The van der Waals surface area contributed by atoms with Crippen molar-refractivity contribution in [3.05, 3.63) is 41.4 Å². The lowest BCUT2D eigenvalue weighted by Crippen LogP contribution is -2.36. The third kappa shape index (κ3) is 3.56. The molecule has 0 unspecified atom stereocenters. The fraction of sp³-hybridized carbons (Fsp3) is 0.235. The second kappa shape index (κ2) is 7.05.